The minimum Gasteiger partial charge on any atom is -0.394 e. The van der Waals surface area contributed by atoms with Crippen LogP contribution in [-0.2, 0) is 0 Å². The number of hydrogen-bond donors (Lipinski definition) is 2. The van der Waals surface area contributed by atoms with Crippen LogP contribution in [-0.4, -0.2) is 22.7 Å². The van der Waals surface area contributed by atoms with E-state index in [2.05, 4.69) is 16.4 Å². The first-order valence-electron chi connectivity index (χ1n) is 5.56. The maximum absolute atomic E-state index is 9.17. The van der Waals surface area contributed by atoms with Crippen LogP contribution in [0.25, 0.3) is 10.8 Å². The van der Waals surface area contributed by atoms with E-state index in [0.29, 0.717) is 0 Å². The summed E-state index contributed by atoms with van der Waals surface area (Å²) in [6.45, 7) is 2.17. The number of nitrogens with zero attached hydrogens (tertiary/aromatic N) is 1. The summed E-state index contributed by atoms with van der Waals surface area (Å²) in [5, 5.41) is 14.7. The molecule has 2 N–H and O–H groups in total. The average molecular weight is 216 g/mol. The van der Waals surface area contributed by atoms with Crippen LogP contribution in [0.3, 0.4) is 0 Å². The van der Waals surface area contributed by atoms with Gasteiger partial charge in [0.2, 0.25) is 0 Å². The Labute approximate surface area is 95.1 Å². The van der Waals surface area contributed by atoms with E-state index in [1.165, 1.54) is 0 Å². The summed E-state index contributed by atoms with van der Waals surface area (Å²) < 4.78 is 0. The van der Waals surface area contributed by atoms with Crippen molar-refractivity contribution in [2.45, 2.75) is 19.4 Å². The molecule has 0 saturated carbocycles. The first-order chi connectivity index (χ1) is 7.85. The highest BCUT2D eigenvalue weighted by Crippen LogP contribution is 2.21. The van der Waals surface area contributed by atoms with E-state index in [1.54, 1.807) is 6.20 Å². The Morgan fingerprint density at radius 1 is 1.31 bits per heavy atom. The van der Waals surface area contributed by atoms with Gasteiger partial charge in [0.25, 0.3) is 0 Å². The summed E-state index contributed by atoms with van der Waals surface area (Å²) in [7, 11) is 0. The maximum Gasteiger partial charge on any atom is 0.134 e. The zero-order valence-electron chi connectivity index (χ0n) is 9.35. The Morgan fingerprint density at radius 3 is 2.88 bits per heavy atom. The standard InChI is InChI=1S/C13H16N2O/c1-2-11(9-16)15-13-12-6-4-3-5-10(12)7-8-14-13/h3-8,11,16H,2,9H2,1H3,(H,14,15). The minimum absolute atomic E-state index is 0.0679. The van der Waals surface area contributed by atoms with E-state index >= 15 is 0 Å². The molecule has 0 aliphatic carbocycles. The van der Waals surface area contributed by atoms with Crippen LogP contribution in [0.1, 0.15) is 13.3 Å². The number of rotatable bonds is 4. The fourth-order valence-electron chi connectivity index (χ4n) is 1.70. The molecule has 1 unspecified atom stereocenters. The normalized spacial score (nSPS) is 12.6. The van der Waals surface area contributed by atoms with Crippen LogP contribution in [0.2, 0.25) is 0 Å². The highest BCUT2D eigenvalue weighted by molar-refractivity contribution is 5.91. The molecule has 2 aromatic rings. The first-order valence-corrected chi connectivity index (χ1v) is 5.56. The van der Waals surface area contributed by atoms with E-state index in [1.807, 2.05) is 31.2 Å². The smallest absolute Gasteiger partial charge is 0.134 e. The van der Waals surface area contributed by atoms with Crippen molar-refractivity contribution < 1.29 is 5.11 Å². The molecule has 1 aromatic heterocycles. The molecule has 1 aromatic carbocycles. The summed E-state index contributed by atoms with van der Waals surface area (Å²) in [5.74, 6) is 0.846. The lowest BCUT2D eigenvalue weighted by atomic mass is 10.1. The zero-order valence-corrected chi connectivity index (χ0v) is 9.35. The topological polar surface area (TPSA) is 45.1 Å². The number of aliphatic hydroxyl groups excluding tert-OH is 1. The van der Waals surface area contributed by atoms with Gasteiger partial charge in [-0.25, -0.2) is 4.98 Å². The van der Waals surface area contributed by atoms with Gasteiger partial charge in [0, 0.05) is 11.6 Å². The number of fused-ring (bicyclic) bond motifs is 1. The highest BCUT2D eigenvalue weighted by atomic mass is 16.3. The fourth-order valence-corrected chi connectivity index (χ4v) is 1.70. The zero-order chi connectivity index (χ0) is 11.4. The lowest BCUT2D eigenvalue weighted by Gasteiger charge is -2.15. The SMILES string of the molecule is CCC(CO)Nc1nccc2ccccc12. The molecule has 0 fully saturated rings. The van der Waals surface area contributed by atoms with Gasteiger partial charge in [0.1, 0.15) is 5.82 Å². The van der Waals surface area contributed by atoms with Gasteiger partial charge in [-0.2, -0.15) is 0 Å². The van der Waals surface area contributed by atoms with Crippen molar-refractivity contribution in [2.75, 3.05) is 11.9 Å². The number of hydrogen-bond acceptors (Lipinski definition) is 3. The van der Waals surface area contributed by atoms with Gasteiger partial charge in [0.05, 0.1) is 12.6 Å². The van der Waals surface area contributed by atoms with Gasteiger partial charge in [-0.1, -0.05) is 31.2 Å². The second kappa shape index (κ2) is 4.94. The van der Waals surface area contributed by atoms with Gasteiger partial charge >= 0.3 is 0 Å². The quantitative estimate of drug-likeness (QED) is 0.825. The van der Waals surface area contributed by atoms with Crippen LogP contribution in [0, 0.1) is 0 Å². The number of aliphatic hydroxyl groups is 1. The monoisotopic (exact) mass is 216 g/mol. The van der Waals surface area contributed by atoms with Crippen LogP contribution in [0.15, 0.2) is 36.5 Å². The molecule has 0 bridgehead atoms. The van der Waals surface area contributed by atoms with E-state index in [0.717, 1.165) is 23.0 Å². The molecule has 0 amide bonds. The molecule has 0 aliphatic rings. The van der Waals surface area contributed by atoms with Crippen LogP contribution in [0.5, 0.6) is 0 Å². The molecule has 1 heterocycles. The van der Waals surface area contributed by atoms with Gasteiger partial charge in [-0.15, -0.1) is 0 Å². The largest absolute Gasteiger partial charge is 0.394 e. The molecule has 0 spiro atoms. The Hall–Kier alpha value is -1.61. The predicted molar refractivity (Wildman–Crippen MR) is 66.5 cm³/mol. The van der Waals surface area contributed by atoms with Crippen molar-refractivity contribution in [3.8, 4) is 0 Å². The summed E-state index contributed by atoms with van der Waals surface area (Å²) in [4.78, 5) is 4.32. The molecule has 0 saturated heterocycles. The summed E-state index contributed by atoms with van der Waals surface area (Å²) >= 11 is 0. The molecule has 84 valence electrons. The van der Waals surface area contributed by atoms with Gasteiger partial charge in [-0.05, 0) is 17.9 Å². The lowest BCUT2D eigenvalue weighted by molar-refractivity contribution is 0.271. The molecule has 1 atom stereocenters. The second-order valence-electron chi connectivity index (χ2n) is 3.81. The molecule has 3 nitrogen and oxygen atoms in total. The van der Waals surface area contributed by atoms with Gasteiger partial charge < -0.3 is 10.4 Å². The number of anilines is 1. The Balaban J connectivity index is 2.36. The third-order valence-electron chi connectivity index (χ3n) is 2.73. The van der Waals surface area contributed by atoms with Crippen molar-refractivity contribution in [3.63, 3.8) is 0 Å². The van der Waals surface area contributed by atoms with Gasteiger partial charge in [-0.3, -0.25) is 0 Å². The number of pyridine rings is 1. The average Bonchev–Trinajstić information content (AvgIpc) is 2.36. The van der Waals surface area contributed by atoms with Gasteiger partial charge in [0.15, 0.2) is 0 Å². The van der Waals surface area contributed by atoms with Crippen LogP contribution >= 0.6 is 0 Å². The lowest BCUT2D eigenvalue weighted by Crippen LogP contribution is -2.23. The van der Waals surface area contributed by atoms with Crippen molar-refractivity contribution in [1.82, 2.24) is 4.98 Å². The molecule has 3 heteroatoms. The highest BCUT2D eigenvalue weighted by Gasteiger charge is 2.07. The Morgan fingerprint density at radius 2 is 2.12 bits per heavy atom. The summed E-state index contributed by atoms with van der Waals surface area (Å²) in [6.07, 6.45) is 2.66. The van der Waals surface area contributed by atoms with Crippen molar-refractivity contribution >= 4 is 16.6 Å². The van der Waals surface area contributed by atoms with E-state index in [4.69, 9.17) is 5.11 Å². The molecule has 0 aliphatic heterocycles. The Bertz CT molecular complexity index is 461. The van der Waals surface area contributed by atoms with E-state index in [9.17, 15) is 0 Å². The molecule has 2 rings (SSSR count). The number of benzene rings is 1. The van der Waals surface area contributed by atoms with Crippen molar-refractivity contribution in [1.29, 1.82) is 0 Å². The van der Waals surface area contributed by atoms with Crippen LogP contribution in [0.4, 0.5) is 5.82 Å². The first kappa shape index (κ1) is 10.9. The minimum atomic E-state index is 0.0679. The van der Waals surface area contributed by atoms with E-state index in [-0.39, 0.29) is 12.6 Å². The van der Waals surface area contributed by atoms with Crippen LogP contribution < -0.4 is 5.32 Å². The summed E-state index contributed by atoms with van der Waals surface area (Å²) in [6, 6.07) is 10.2. The molecule has 0 radical (unpaired) electrons. The summed E-state index contributed by atoms with van der Waals surface area (Å²) in [5.41, 5.74) is 0. The Kier molecular flexibility index (Phi) is 3.37. The second-order valence-corrected chi connectivity index (χ2v) is 3.81. The molecule has 16 heavy (non-hydrogen) atoms. The fraction of sp³-hybridized carbons (Fsp3) is 0.308. The predicted octanol–water partition coefficient (Wildman–Crippen LogP) is 2.42. The maximum atomic E-state index is 9.17. The number of aromatic nitrogens is 1. The number of nitrogens with one attached hydrogen (secondary N) is 1. The molecular weight excluding hydrogens is 200 g/mol. The van der Waals surface area contributed by atoms with Crippen molar-refractivity contribution in [2.24, 2.45) is 0 Å². The third-order valence-corrected chi connectivity index (χ3v) is 2.73. The molecular formula is C13H16N2O. The van der Waals surface area contributed by atoms with Crippen molar-refractivity contribution in [3.05, 3.63) is 36.5 Å². The van der Waals surface area contributed by atoms with E-state index < -0.39 is 0 Å². The third kappa shape index (κ3) is 2.14.